The lowest BCUT2D eigenvalue weighted by atomic mass is 9.89. The Hall–Kier alpha value is -1.62. The minimum Gasteiger partial charge on any atom is -0.444 e. The van der Waals surface area contributed by atoms with Gasteiger partial charge in [-0.2, -0.15) is 5.26 Å². The molecule has 2 aromatic rings. The lowest BCUT2D eigenvalue weighted by molar-refractivity contribution is 0.0828. The predicted octanol–water partition coefficient (Wildman–Crippen LogP) is 3.64. The van der Waals surface area contributed by atoms with E-state index in [1.54, 1.807) is 12.3 Å². The van der Waals surface area contributed by atoms with Gasteiger partial charge in [0.25, 0.3) is 0 Å². The number of nitriles is 1. The zero-order valence-electron chi connectivity index (χ0n) is 15.1. The first-order valence-corrected chi connectivity index (χ1v) is 10.6. The Bertz CT molecular complexity index is 899. The third kappa shape index (κ3) is 2.95. The summed E-state index contributed by atoms with van der Waals surface area (Å²) in [6, 6.07) is 5.19. The summed E-state index contributed by atoms with van der Waals surface area (Å²) >= 11 is 3.62. The Kier molecular flexibility index (Phi) is 4.38. The van der Waals surface area contributed by atoms with Crippen LogP contribution in [0, 0.1) is 17.2 Å². The van der Waals surface area contributed by atoms with E-state index in [9.17, 15) is 5.11 Å². The number of piperidine rings is 1. The van der Waals surface area contributed by atoms with Crippen molar-refractivity contribution in [3.63, 3.8) is 0 Å². The zero-order valence-corrected chi connectivity index (χ0v) is 16.7. The summed E-state index contributed by atoms with van der Waals surface area (Å²) in [5.41, 5.74) is 0.621. The van der Waals surface area contributed by atoms with Crippen molar-refractivity contribution >= 4 is 32.7 Å². The molecule has 1 saturated heterocycles. The van der Waals surface area contributed by atoms with Gasteiger partial charge in [-0.15, -0.1) is 0 Å². The van der Waals surface area contributed by atoms with Crippen LogP contribution in [0.15, 0.2) is 21.2 Å². The van der Waals surface area contributed by atoms with Crippen molar-refractivity contribution in [1.82, 2.24) is 9.88 Å². The summed E-state index contributed by atoms with van der Waals surface area (Å²) in [5, 5.41) is 23.8. The Labute approximate surface area is 166 Å². The molecule has 0 spiro atoms. The maximum absolute atomic E-state index is 10.3. The summed E-state index contributed by atoms with van der Waals surface area (Å²) in [4.78, 5) is 7.07. The number of anilines is 1. The van der Waals surface area contributed by atoms with E-state index in [1.165, 1.54) is 6.42 Å². The van der Waals surface area contributed by atoms with Crippen LogP contribution >= 0.6 is 15.9 Å². The van der Waals surface area contributed by atoms with Gasteiger partial charge in [-0.1, -0.05) is 0 Å². The molecule has 1 aliphatic heterocycles. The number of halogens is 1. The number of nitrogens with zero attached hydrogens (tertiary/aromatic N) is 3. The molecule has 3 heterocycles. The van der Waals surface area contributed by atoms with E-state index in [0.717, 1.165) is 54.3 Å². The van der Waals surface area contributed by atoms with Gasteiger partial charge in [0.15, 0.2) is 5.58 Å². The summed E-state index contributed by atoms with van der Waals surface area (Å²) in [5.74, 6) is 1.62. The third-order valence-corrected chi connectivity index (χ3v) is 7.52. The molecule has 3 atom stereocenters. The van der Waals surface area contributed by atoms with E-state index < -0.39 is 0 Å². The van der Waals surface area contributed by atoms with Crippen molar-refractivity contribution in [2.45, 2.75) is 62.8 Å². The highest BCUT2D eigenvalue weighted by atomic mass is 79.9. The number of pyridine rings is 1. The van der Waals surface area contributed by atoms with Crippen LogP contribution in [0.1, 0.15) is 44.3 Å². The molecule has 27 heavy (non-hydrogen) atoms. The molecule has 2 saturated carbocycles. The van der Waals surface area contributed by atoms with Crippen LogP contribution in [-0.4, -0.2) is 45.8 Å². The van der Waals surface area contributed by atoms with Gasteiger partial charge >= 0.3 is 0 Å². The maximum Gasteiger partial charge on any atom is 0.204 e. The van der Waals surface area contributed by atoms with Crippen LogP contribution in [0.3, 0.4) is 0 Å². The number of aliphatic hydroxyl groups is 1. The number of aromatic nitrogens is 1. The molecule has 2 aromatic heterocycles. The van der Waals surface area contributed by atoms with E-state index in [2.05, 4.69) is 31.1 Å². The number of fused-ring (bicyclic) bond motifs is 3. The second-order valence-corrected chi connectivity index (χ2v) is 8.96. The molecule has 142 valence electrons. The molecule has 7 heteroatoms. The molecule has 3 aliphatic rings. The van der Waals surface area contributed by atoms with Gasteiger partial charge in [-0.3, -0.25) is 4.90 Å². The highest BCUT2D eigenvalue weighted by molar-refractivity contribution is 9.10. The number of nitrogens with one attached hydrogen (secondary N) is 1. The number of hydrogen-bond donors (Lipinski definition) is 2. The van der Waals surface area contributed by atoms with Crippen LogP contribution in [0.2, 0.25) is 0 Å². The Morgan fingerprint density at radius 3 is 2.74 bits per heavy atom. The molecule has 0 aromatic carbocycles. The number of furan rings is 1. The van der Waals surface area contributed by atoms with Crippen LogP contribution < -0.4 is 5.32 Å². The summed E-state index contributed by atoms with van der Waals surface area (Å²) in [7, 11) is 0. The SMILES string of the molecule is N#Cc1cc2c(Br)c(NC3CCC(N4CC5CCC4C5O)CC3)ncc2o1. The van der Waals surface area contributed by atoms with E-state index in [4.69, 9.17) is 9.68 Å². The topological polar surface area (TPSA) is 85.3 Å². The molecule has 2 bridgehead atoms. The molecule has 0 radical (unpaired) electrons. The van der Waals surface area contributed by atoms with Crippen LogP contribution in [0.4, 0.5) is 5.82 Å². The standard InChI is InChI=1S/C20H23BrN4O2/c21-18-15-7-14(8-22)27-17(15)9-23-20(18)24-12-2-4-13(5-3-12)25-10-11-1-6-16(25)19(11)26/h7,9,11-13,16,19,26H,1-6,10H2,(H,23,24). The van der Waals surface area contributed by atoms with Gasteiger partial charge in [0, 0.05) is 36.1 Å². The average molecular weight is 431 g/mol. The molecule has 0 amide bonds. The van der Waals surface area contributed by atoms with Crippen molar-refractivity contribution in [1.29, 1.82) is 5.26 Å². The van der Waals surface area contributed by atoms with E-state index in [0.29, 0.717) is 35.4 Å². The quantitative estimate of drug-likeness (QED) is 0.772. The zero-order chi connectivity index (χ0) is 18.5. The Balaban J connectivity index is 1.24. The Morgan fingerprint density at radius 1 is 1.26 bits per heavy atom. The normalized spacial score (nSPS) is 33.4. The van der Waals surface area contributed by atoms with Gasteiger partial charge in [-0.25, -0.2) is 4.98 Å². The van der Waals surface area contributed by atoms with Gasteiger partial charge < -0.3 is 14.8 Å². The van der Waals surface area contributed by atoms with E-state index in [-0.39, 0.29) is 6.10 Å². The van der Waals surface area contributed by atoms with Crippen molar-refractivity contribution in [2.75, 3.05) is 11.9 Å². The summed E-state index contributed by atoms with van der Waals surface area (Å²) < 4.78 is 6.29. The molecular formula is C20H23BrN4O2. The number of aliphatic hydroxyl groups excluding tert-OH is 1. The number of hydrogen-bond acceptors (Lipinski definition) is 6. The molecule has 5 rings (SSSR count). The van der Waals surface area contributed by atoms with Crippen LogP contribution in [0.25, 0.3) is 11.0 Å². The molecule has 2 N–H and O–H groups in total. The minimum absolute atomic E-state index is 0.0963. The number of rotatable bonds is 3. The van der Waals surface area contributed by atoms with Gasteiger partial charge in [-0.05, 0) is 60.4 Å². The predicted molar refractivity (Wildman–Crippen MR) is 105 cm³/mol. The van der Waals surface area contributed by atoms with E-state index >= 15 is 0 Å². The first-order valence-electron chi connectivity index (χ1n) is 9.82. The van der Waals surface area contributed by atoms with Crippen LogP contribution in [0.5, 0.6) is 0 Å². The third-order valence-electron chi connectivity index (χ3n) is 6.71. The highest BCUT2D eigenvalue weighted by Crippen LogP contribution is 2.42. The summed E-state index contributed by atoms with van der Waals surface area (Å²) in [6.45, 7) is 1.08. The van der Waals surface area contributed by atoms with Crippen LogP contribution in [-0.2, 0) is 0 Å². The number of likely N-dealkylation sites (tertiary alicyclic amines) is 1. The van der Waals surface area contributed by atoms with E-state index in [1.807, 2.05) is 6.07 Å². The smallest absolute Gasteiger partial charge is 0.204 e. The molecule has 3 fully saturated rings. The van der Waals surface area contributed by atoms with Gasteiger partial charge in [0.2, 0.25) is 5.76 Å². The average Bonchev–Trinajstić information content (AvgIpc) is 3.37. The fourth-order valence-electron chi connectivity index (χ4n) is 5.31. The second kappa shape index (κ2) is 6.77. The first kappa shape index (κ1) is 17.5. The lowest BCUT2D eigenvalue weighted by Gasteiger charge is -2.39. The van der Waals surface area contributed by atoms with Gasteiger partial charge in [0.1, 0.15) is 11.9 Å². The Morgan fingerprint density at radius 2 is 2.07 bits per heavy atom. The first-order chi connectivity index (χ1) is 13.1. The minimum atomic E-state index is -0.0963. The van der Waals surface area contributed by atoms with Crippen molar-refractivity contribution in [2.24, 2.45) is 5.92 Å². The van der Waals surface area contributed by atoms with Crippen molar-refractivity contribution in [3.05, 3.63) is 22.5 Å². The molecule has 3 unspecified atom stereocenters. The second-order valence-electron chi connectivity index (χ2n) is 8.16. The monoisotopic (exact) mass is 430 g/mol. The fraction of sp³-hybridized carbons (Fsp3) is 0.600. The summed E-state index contributed by atoms with van der Waals surface area (Å²) in [6.07, 6.45) is 8.48. The molecule has 2 aliphatic carbocycles. The van der Waals surface area contributed by atoms with Crippen molar-refractivity contribution in [3.8, 4) is 6.07 Å². The lowest BCUT2D eigenvalue weighted by Crippen LogP contribution is -2.45. The van der Waals surface area contributed by atoms with Crippen molar-refractivity contribution < 1.29 is 9.52 Å². The molecular weight excluding hydrogens is 408 g/mol. The highest BCUT2D eigenvalue weighted by Gasteiger charge is 2.48. The molecule has 6 nitrogen and oxygen atoms in total. The van der Waals surface area contributed by atoms with Gasteiger partial charge in [0.05, 0.1) is 16.8 Å². The fourth-order valence-corrected chi connectivity index (χ4v) is 5.84. The largest absolute Gasteiger partial charge is 0.444 e. The maximum atomic E-state index is 10.3.